The molecule has 2 nitrogen and oxygen atoms in total. The minimum atomic E-state index is 0.785. The van der Waals surface area contributed by atoms with Crippen molar-refractivity contribution in [1.29, 1.82) is 0 Å². The molecule has 2 atom stereocenters. The van der Waals surface area contributed by atoms with Crippen LogP contribution >= 0.6 is 23.2 Å². The number of hydrogen-bond acceptors (Lipinski definition) is 2. The molecule has 4 heteroatoms. The zero-order chi connectivity index (χ0) is 11.8. The molecule has 92 valence electrons. The summed E-state index contributed by atoms with van der Waals surface area (Å²) in [5, 5.41) is 5.02. The van der Waals surface area contributed by atoms with Crippen LogP contribution in [0, 0.1) is 11.8 Å². The maximum atomic E-state index is 6.21. The Hall–Kier alpha value is -0.280. The molecule has 1 N–H and O–H groups in total. The Kier molecular flexibility index (Phi) is 3.31. The van der Waals surface area contributed by atoms with E-state index in [-0.39, 0.29) is 0 Å². The molecule has 2 aliphatic heterocycles. The van der Waals surface area contributed by atoms with Gasteiger partial charge in [-0.1, -0.05) is 29.3 Å². The number of fused-ring (bicyclic) bond motifs is 1. The van der Waals surface area contributed by atoms with Crippen LogP contribution in [-0.4, -0.2) is 31.1 Å². The highest BCUT2D eigenvalue weighted by atomic mass is 35.5. The highest BCUT2D eigenvalue weighted by Gasteiger charge is 2.36. The topological polar surface area (TPSA) is 15.3 Å². The summed E-state index contributed by atoms with van der Waals surface area (Å²) in [5.74, 6) is 1.63. The predicted octanol–water partition coefficient (Wildman–Crippen LogP) is 2.64. The third-order valence-electron chi connectivity index (χ3n) is 3.91. The molecule has 0 spiro atoms. The Balaban J connectivity index is 1.72. The van der Waals surface area contributed by atoms with Gasteiger partial charge in [0, 0.05) is 35.2 Å². The van der Waals surface area contributed by atoms with E-state index in [1.807, 2.05) is 18.2 Å². The summed E-state index contributed by atoms with van der Waals surface area (Å²) in [6, 6.07) is 5.74. The lowest BCUT2D eigenvalue weighted by Crippen LogP contribution is -2.25. The van der Waals surface area contributed by atoms with E-state index in [4.69, 9.17) is 23.2 Å². The van der Waals surface area contributed by atoms with Crippen molar-refractivity contribution in [3.8, 4) is 0 Å². The first-order chi connectivity index (χ1) is 8.24. The molecule has 1 aromatic rings. The molecule has 1 aromatic carbocycles. The van der Waals surface area contributed by atoms with Crippen LogP contribution in [0.15, 0.2) is 18.2 Å². The monoisotopic (exact) mass is 270 g/mol. The van der Waals surface area contributed by atoms with E-state index in [2.05, 4.69) is 10.2 Å². The van der Waals surface area contributed by atoms with Gasteiger partial charge in [-0.05, 0) is 37.1 Å². The van der Waals surface area contributed by atoms with Gasteiger partial charge < -0.3 is 5.32 Å². The number of nitrogens with zero attached hydrogens (tertiary/aromatic N) is 1. The minimum absolute atomic E-state index is 0.785. The van der Waals surface area contributed by atoms with Crippen molar-refractivity contribution < 1.29 is 0 Å². The van der Waals surface area contributed by atoms with Gasteiger partial charge in [0.1, 0.15) is 0 Å². The predicted molar refractivity (Wildman–Crippen MR) is 71.6 cm³/mol. The van der Waals surface area contributed by atoms with Crippen molar-refractivity contribution in [3.63, 3.8) is 0 Å². The lowest BCUT2D eigenvalue weighted by atomic mass is 10.0. The molecule has 2 unspecified atom stereocenters. The van der Waals surface area contributed by atoms with E-state index in [0.717, 1.165) is 47.1 Å². The number of rotatable bonds is 2. The number of benzene rings is 1. The second-order valence-electron chi connectivity index (χ2n) is 5.07. The van der Waals surface area contributed by atoms with Crippen molar-refractivity contribution in [1.82, 2.24) is 10.2 Å². The largest absolute Gasteiger partial charge is 0.316 e. The summed E-state index contributed by atoms with van der Waals surface area (Å²) < 4.78 is 0. The summed E-state index contributed by atoms with van der Waals surface area (Å²) in [4.78, 5) is 2.48. The highest BCUT2D eigenvalue weighted by Crippen LogP contribution is 2.31. The lowest BCUT2D eigenvalue weighted by molar-refractivity contribution is 0.306. The Labute approximate surface area is 112 Å². The molecule has 0 bridgehead atoms. The summed E-state index contributed by atoms with van der Waals surface area (Å²) in [6.07, 6.45) is 0. The van der Waals surface area contributed by atoms with Gasteiger partial charge in [-0.2, -0.15) is 0 Å². The van der Waals surface area contributed by atoms with E-state index in [1.54, 1.807) is 0 Å². The SMILES string of the molecule is Clc1cccc(Cl)c1CN1CC2CNCC2C1. The number of nitrogens with one attached hydrogen (secondary N) is 1. The van der Waals surface area contributed by atoms with E-state index < -0.39 is 0 Å². The van der Waals surface area contributed by atoms with Crippen molar-refractivity contribution in [2.45, 2.75) is 6.54 Å². The van der Waals surface area contributed by atoms with E-state index in [9.17, 15) is 0 Å². The van der Waals surface area contributed by atoms with Crippen LogP contribution in [0.4, 0.5) is 0 Å². The summed E-state index contributed by atoms with van der Waals surface area (Å²) >= 11 is 12.4. The molecule has 0 aliphatic carbocycles. The van der Waals surface area contributed by atoms with Gasteiger partial charge >= 0.3 is 0 Å². The molecule has 0 saturated carbocycles. The first-order valence-electron chi connectivity index (χ1n) is 6.10. The molecule has 3 rings (SSSR count). The second kappa shape index (κ2) is 4.77. The van der Waals surface area contributed by atoms with Crippen LogP contribution in [0.25, 0.3) is 0 Å². The smallest absolute Gasteiger partial charge is 0.0465 e. The van der Waals surface area contributed by atoms with Crippen molar-refractivity contribution in [3.05, 3.63) is 33.8 Å². The van der Waals surface area contributed by atoms with Crippen LogP contribution in [0.5, 0.6) is 0 Å². The average molecular weight is 271 g/mol. The molecular formula is C13H16Cl2N2. The Bertz CT molecular complexity index is 390. The fourth-order valence-electron chi connectivity index (χ4n) is 2.99. The first-order valence-corrected chi connectivity index (χ1v) is 6.85. The fraction of sp³-hybridized carbons (Fsp3) is 0.538. The molecule has 0 radical (unpaired) electrons. The molecule has 0 aromatic heterocycles. The summed E-state index contributed by atoms with van der Waals surface area (Å²) in [6.45, 7) is 5.54. The van der Waals surface area contributed by atoms with E-state index in [1.165, 1.54) is 13.1 Å². The van der Waals surface area contributed by atoms with Crippen molar-refractivity contribution in [2.24, 2.45) is 11.8 Å². The minimum Gasteiger partial charge on any atom is -0.316 e. The van der Waals surface area contributed by atoms with Crippen molar-refractivity contribution in [2.75, 3.05) is 26.2 Å². The molecule has 0 amide bonds. The Morgan fingerprint density at radius 2 is 1.71 bits per heavy atom. The number of hydrogen-bond donors (Lipinski definition) is 1. The zero-order valence-electron chi connectivity index (χ0n) is 9.63. The maximum Gasteiger partial charge on any atom is 0.0465 e. The van der Waals surface area contributed by atoms with Crippen LogP contribution in [0.2, 0.25) is 10.0 Å². The molecule has 2 heterocycles. The quantitative estimate of drug-likeness (QED) is 0.889. The standard InChI is InChI=1S/C13H16Cl2N2/c14-12-2-1-3-13(15)11(12)8-17-6-9-4-16-5-10(9)7-17/h1-3,9-10,16H,4-8H2. The summed E-state index contributed by atoms with van der Waals surface area (Å²) in [5.41, 5.74) is 1.07. The summed E-state index contributed by atoms with van der Waals surface area (Å²) in [7, 11) is 0. The van der Waals surface area contributed by atoms with Gasteiger partial charge in [0.15, 0.2) is 0 Å². The highest BCUT2D eigenvalue weighted by molar-refractivity contribution is 6.35. The van der Waals surface area contributed by atoms with Gasteiger partial charge in [0.05, 0.1) is 0 Å². The average Bonchev–Trinajstić information content (AvgIpc) is 2.83. The molecular weight excluding hydrogens is 255 g/mol. The van der Waals surface area contributed by atoms with E-state index >= 15 is 0 Å². The van der Waals surface area contributed by atoms with Crippen molar-refractivity contribution >= 4 is 23.2 Å². The Morgan fingerprint density at radius 3 is 2.29 bits per heavy atom. The van der Waals surface area contributed by atoms with Gasteiger partial charge in [-0.25, -0.2) is 0 Å². The van der Waals surface area contributed by atoms with Crippen LogP contribution in [0.3, 0.4) is 0 Å². The maximum absolute atomic E-state index is 6.21. The normalized spacial score (nSPS) is 28.6. The molecule has 2 fully saturated rings. The van der Waals surface area contributed by atoms with Gasteiger partial charge in [0.25, 0.3) is 0 Å². The molecule has 2 aliphatic rings. The van der Waals surface area contributed by atoms with E-state index in [0.29, 0.717) is 0 Å². The second-order valence-corrected chi connectivity index (χ2v) is 5.89. The molecule has 17 heavy (non-hydrogen) atoms. The van der Waals surface area contributed by atoms with Gasteiger partial charge in [0.2, 0.25) is 0 Å². The van der Waals surface area contributed by atoms with Crippen LogP contribution < -0.4 is 5.32 Å². The number of likely N-dealkylation sites (tertiary alicyclic amines) is 1. The fourth-order valence-corrected chi connectivity index (χ4v) is 3.51. The number of halogens is 2. The molecule has 2 saturated heterocycles. The third kappa shape index (κ3) is 2.32. The van der Waals surface area contributed by atoms with Gasteiger partial charge in [-0.15, -0.1) is 0 Å². The lowest BCUT2D eigenvalue weighted by Gasteiger charge is -2.18. The van der Waals surface area contributed by atoms with Crippen LogP contribution in [0.1, 0.15) is 5.56 Å². The Morgan fingerprint density at radius 1 is 1.12 bits per heavy atom. The first kappa shape index (κ1) is 11.8. The third-order valence-corrected chi connectivity index (χ3v) is 4.62. The van der Waals surface area contributed by atoms with Gasteiger partial charge in [-0.3, -0.25) is 4.90 Å². The van der Waals surface area contributed by atoms with Crippen LogP contribution in [-0.2, 0) is 6.54 Å². The zero-order valence-corrected chi connectivity index (χ0v) is 11.1.